The first kappa shape index (κ1) is 11.4. The van der Waals surface area contributed by atoms with Crippen molar-refractivity contribution in [2.75, 3.05) is 19.8 Å². The number of carboxylic acid groups (broad SMARTS) is 1. The minimum Gasteiger partial charge on any atom is -0.480 e. The van der Waals surface area contributed by atoms with Gasteiger partial charge in [-0.3, -0.25) is 4.79 Å². The van der Waals surface area contributed by atoms with E-state index >= 15 is 0 Å². The highest BCUT2D eigenvalue weighted by molar-refractivity contribution is 5.73. The molecule has 1 atom stereocenters. The van der Waals surface area contributed by atoms with Crippen molar-refractivity contribution < 1.29 is 14.6 Å². The standard InChI is InChI=1S/C9H18N2O3/c1-9(2-4-14-5-3-9)11-6-7(10)8(12)13/h7,11H,2-6,10H2,1H3,(H,12,13). The fourth-order valence-corrected chi connectivity index (χ4v) is 1.44. The summed E-state index contributed by atoms with van der Waals surface area (Å²) >= 11 is 0. The van der Waals surface area contributed by atoms with Gasteiger partial charge in [-0.2, -0.15) is 0 Å². The first-order valence-corrected chi connectivity index (χ1v) is 4.85. The Kier molecular flexibility index (Phi) is 3.86. The monoisotopic (exact) mass is 202 g/mol. The SMILES string of the molecule is CC1(NCC(N)C(=O)O)CCOCC1. The van der Waals surface area contributed by atoms with Gasteiger partial charge in [-0.15, -0.1) is 0 Å². The molecule has 1 aliphatic heterocycles. The summed E-state index contributed by atoms with van der Waals surface area (Å²) in [6, 6.07) is -0.824. The summed E-state index contributed by atoms with van der Waals surface area (Å²) in [7, 11) is 0. The molecule has 0 radical (unpaired) electrons. The minimum absolute atomic E-state index is 0.0225. The van der Waals surface area contributed by atoms with Crippen molar-refractivity contribution in [2.45, 2.75) is 31.3 Å². The third kappa shape index (κ3) is 3.25. The largest absolute Gasteiger partial charge is 0.480 e. The summed E-state index contributed by atoms with van der Waals surface area (Å²) in [4.78, 5) is 10.5. The van der Waals surface area contributed by atoms with Gasteiger partial charge in [0.1, 0.15) is 6.04 Å². The average Bonchev–Trinajstić information content (AvgIpc) is 2.15. The van der Waals surface area contributed by atoms with Crippen molar-refractivity contribution in [3.05, 3.63) is 0 Å². The first-order chi connectivity index (χ1) is 6.53. The zero-order valence-electron chi connectivity index (χ0n) is 8.45. The summed E-state index contributed by atoms with van der Waals surface area (Å²) in [6.45, 7) is 3.84. The molecule has 1 heterocycles. The molecule has 0 amide bonds. The second kappa shape index (κ2) is 4.72. The lowest BCUT2D eigenvalue weighted by atomic mass is 9.92. The quantitative estimate of drug-likeness (QED) is 0.575. The molecule has 1 fully saturated rings. The molecule has 0 spiro atoms. The van der Waals surface area contributed by atoms with Crippen LogP contribution in [-0.4, -0.2) is 42.4 Å². The van der Waals surface area contributed by atoms with Gasteiger partial charge in [-0.05, 0) is 19.8 Å². The van der Waals surface area contributed by atoms with Gasteiger partial charge in [0, 0.05) is 25.3 Å². The van der Waals surface area contributed by atoms with Crippen LogP contribution in [0.4, 0.5) is 0 Å². The first-order valence-electron chi connectivity index (χ1n) is 4.85. The summed E-state index contributed by atoms with van der Waals surface area (Å²) in [5.41, 5.74) is 5.38. The summed E-state index contributed by atoms with van der Waals surface area (Å²) in [5.74, 6) is -0.965. The van der Waals surface area contributed by atoms with Crippen molar-refractivity contribution in [1.29, 1.82) is 0 Å². The Morgan fingerprint density at radius 2 is 2.21 bits per heavy atom. The highest BCUT2D eigenvalue weighted by Gasteiger charge is 2.27. The molecule has 1 aliphatic rings. The Balaban J connectivity index is 2.31. The van der Waals surface area contributed by atoms with E-state index in [0.29, 0.717) is 6.54 Å². The molecule has 0 aromatic rings. The van der Waals surface area contributed by atoms with Crippen LogP contribution in [0.5, 0.6) is 0 Å². The van der Waals surface area contributed by atoms with Gasteiger partial charge < -0.3 is 20.9 Å². The van der Waals surface area contributed by atoms with Crippen LogP contribution < -0.4 is 11.1 Å². The molecule has 1 saturated heterocycles. The molecule has 82 valence electrons. The van der Waals surface area contributed by atoms with E-state index in [4.69, 9.17) is 15.6 Å². The summed E-state index contributed by atoms with van der Waals surface area (Å²) in [5, 5.41) is 11.8. The molecule has 0 aromatic carbocycles. The Morgan fingerprint density at radius 1 is 1.64 bits per heavy atom. The number of nitrogens with two attached hydrogens (primary N) is 1. The normalized spacial score (nSPS) is 23.0. The number of hydrogen-bond donors (Lipinski definition) is 3. The molecule has 5 heteroatoms. The Hall–Kier alpha value is -0.650. The lowest BCUT2D eigenvalue weighted by Gasteiger charge is -2.35. The smallest absolute Gasteiger partial charge is 0.321 e. The summed E-state index contributed by atoms with van der Waals surface area (Å²) in [6.07, 6.45) is 1.80. The van der Waals surface area contributed by atoms with Gasteiger partial charge in [-0.1, -0.05) is 0 Å². The second-order valence-electron chi connectivity index (χ2n) is 4.00. The predicted octanol–water partition coefficient (Wildman–Crippen LogP) is -0.443. The van der Waals surface area contributed by atoms with Crippen LogP contribution in [0, 0.1) is 0 Å². The molecule has 0 aromatic heterocycles. The fourth-order valence-electron chi connectivity index (χ4n) is 1.44. The Bertz CT molecular complexity index is 202. The van der Waals surface area contributed by atoms with Crippen LogP contribution in [0.3, 0.4) is 0 Å². The molecule has 14 heavy (non-hydrogen) atoms. The van der Waals surface area contributed by atoms with Crippen molar-refractivity contribution in [1.82, 2.24) is 5.32 Å². The Morgan fingerprint density at radius 3 is 2.71 bits per heavy atom. The third-order valence-electron chi connectivity index (χ3n) is 2.66. The van der Waals surface area contributed by atoms with Crippen molar-refractivity contribution in [3.8, 4) is 0 Å². The molecular formula is C9H18N2O3. The van der Waals surface area contributed by atoms with Gasteiger partial charge >= 0.3 is 5.97 Å². The van der Waals surface area contributed by atoms with E-state index in [0.717, 1.165) is 26.1 Å². The number of ether oxygens (including phenoxy) is 1. The van der Waals surface area contributed by atoms with Crippen molar-refractivity contribution in [2.24, 2.45) is 5.73 Å². The third-order valence-corrected chi connectivity index (χ3v) is 2.66. The Labute approximate surface area is 83.6 Å². The van der Waals surface area contributed by atoms with Crippen molar-refractivity contribution in [3.63, 3.8) is 0 Å². The molecule has 0 aliphatic carbocycles. The zero-order chi connectivity index (χ0) is 10.6. The van der Waals surface area contributed by atoms with Crippen LogP contribution in [-0.2, 0) is 9.53 Å². The number of nitrogens with one attached hydrogen (secondary N) is 1. The van der Waals surface area contributed by atoms with Crippen LogP contribution in [0.15, 0.2) is 0 Å². The van der Waals surface area contributed by atoms with E-state index in [1.807, 2.05) is 0 Å². The van der Waals surface area contributed by atoms with E-state index in [9.17, 15) is 4.79 Å². The van der Waals surface area contributed by atoms with E-state index in [1.54, 1.807) is 0 Å². The summed E-state index contributed by atoms with van der Waals surface area (Å²) < 4.78 is 5.23. The maximum absolute atomic E-state index is 10.5. The second-order valence-corrected chi connectivity index (χ2v) is 4.00. The minimum atomic E-state index is -0.965. The zero-order valence-corrected chi connectivity index (χ0v) is 8.45. The molecule has 0 bridgehead atoms. The van der Waals surface area contributed by atoms with Crippen LogP contribution in [0.1, 0.15) is 19.8 Å². The molecule has 0 saturated carbocycles. The lowest BCUT2D eigenvalue weighted by molar-refractivity contribution is -0.138. The van der Waals surface area contributed by atoms with Crippen LogP contribution in [0.25, 0.3) is 0 Å². The fraction of sp³-hybridized carbons (Fsp3) is 0.889. The van der Waals surface area contributed by atoms with E-state index in [-0.39, 0.29) is 5.54 Å². The van der Waals surface area contributed by atoms with Crippen molar-refractivity contribution >= 4 is 5.97 Å². The predicted molar refractivity (Wildman–Crippen MR) is 52.1 cm³/mol. The van der Waals surface area contributed by atoms with Gasteiger partial charge in [0.25, 0.3) is 0 Å². The number of aliphatic carboxylic acids is 1. The molecule has 4 N–H and O–H groups in total. The average molecular weight is 202 g/mol. The van der Waals surface area contributed by atoms with Gasteiger partial charge in [0.2, 0.25) is 0 Å². The maximum atomic E-state index is 10.5. The van der Waals surface area contributed by atoms with E-state index < -0.39 is 12.0 Å². The maximum Gasteiger partial charge on any atom is 0.321 e. The van der Waals surface area contributed by atoms with Gasteiger partial charge in [0.15, 0.2) is 0 Å². The number of carbonyl (C=O) groups is 1. The van der Waals surface area contributed by atoms with Crippen LogP contribution >= 0.6 is 0 Å². The lowest BCUT2D eigenvalue weighted by Crippen LogP contribution is -2.52. The van der Waals surface area contributed by atoms with E-state index in [2.05, 4.69) is 12.2 Å². The van der Waals surface area contributed by atoms with Gasteiger partial charge in [0.05, 0.1) is 0 Å². The highest BCUT2D eigenvalue weighted by Crippen LogP contribution is 2.19. The number of hydrogen-bond acceptors (Lipinski definition) is 4. The molecule has 1 rings (SSSR count). The van der Waals surface area contributed by atoms with Crippen LogP contribution in [0.2, 0.25) is 0 Å². The number of rotatable bonds is 4. The molecular weight excluding hydrogens is 184 g/mol. The molecule has 5 nitrogen and oxygen atoms in total. The topological polar surface area (TPSA) is 84.6 Å². The van der Waals surface area contributed by atoms with E-state index in [1.165, 1.54) is 0 Å². The number of carboxylic acids is 1. The highest BCUT2D eigenvalue weighted by atomic mass is 16.5. The van der Waals surface area contributed by atoms with Gasteiger partial charge in [-0.25, -0.2) is 0 Å². The molecule has 1 unspecified atom stereocenters.